The van der Waals surface area contributed by atoms with Crippen LogP contribution in [0.4, 0.5) is 8.78 Å². The van der Waals surface area contributed by atoms with Gasteiger partial charge in [0.15, 0.2) is 5.78 Å². The number of nitrogens with zero attached hydrogens (tertiary/aromatic N) is 7. The highest BCUT2D eigenvalue weighted by atomic mass is 32.2. The molecule has 0 bridgehead atoms. The van der Waals surface area contributed by atoms with Crippen molar-refractivity contribution < 1.29 is 35.2 Å². The molecule has 0 aliphatic heterocycles. The molecule has 4 atom stereocenters. The van der Waals surface area contributed by atoms with Gasteiger partial charge in [-0.2, -0.15) is 18.8 Å². The summed E-state index contributed by atoms with van der Waals surface area (Å²) < 4.78 is 89.4. The summed E-state index contributed by atoms with van der Waals surface area (Å²) in [5.74, 6) is -0.664. The summed E-state index contributed by atoms with van der Waals surface area (Å²) in [4.78, 5) is 32.7. The number of Topliss-reactive ketones (excluding diaryl/α,β-unsaturated/α-hetero) is 2. The number of carbonyl (C=O) groups excluding carboxylic acids is 2. The number of hydrogen-bond acceptors (Lipinski definition) is 9. The molecular formula is C60H57F2N7O6S2. The van der Waals surface area contributed by atoms with E-state index in [0.29, 0.717) is 62.0 Å². The fourth-order valence-electron chi connectivity index (χ4n) is 12.6. The normalized spacial score (nSPS) is 22.8. The number of benzene rings is 4. The third-order valence-corrected chi connectivity index (χ3v) is 20.6. The number of carbonyl (C=O) groups is 2. The predicted molar refractivity (Wildman–Crippen MR) is 287 cm³/mol. The Labute approximate surface area is 447 Å². The summed E-state index contributed by atoms with van der Waals surface area (Å²) in [5.41, 5.74) is 5.79. The van der Waals surface area contributed by atoms with Crippen molar-refractivity contribution in [2.24, 2.45) is 10.8 Å². The zero-order valence-corrected chi connectivity index (χ0v) is 44.1. The summed E-state index contributed by atoms with van der Waals surface area (Å²) in [6.45, 7) is 1.62. The lowest BCUT2D eigenvalue weighted by Crippen LogP contribution is -2.51. The van der Waals surface area contributed by atoms with Crippen molar-refractivity contribution in [3.8, 4) is 11.4 Å². The van der Waals surface area contributed by atoms with Crippen LogP contribution in [0.3, 0.4) is 0 Å². The van der Waals surface area contributed by atoms with E-state index < -0.39 is 30.9 Å². The highest BCUT2D eigenvalue weighted by Gasteiger charge is 2.55. The van der Waals surface area contributed by atoms with E-state index in [-0.39, 0.29) is 52.3 Å². The first-order valence-electron chi connectivity index (χ1n) is 26.4. The second-order valence-electron chi connectivity index (χ2n) is 21.4. The van der Waals surface area contributed by atoms with Gasteiger partial charge in [-0.3, -0.25) is 14.6 Å². The average molecular weight is 1070 g/mol. The average Bonchev–Trinajstić information content (AvgIpc) is 4.41. The molecule has 4 saturated carbocycles. The van der Waals surface area contributed by atoms with E-state index in [0.717, 1.165) is 70.7 Å². The molecule has 77 heavy (non-hydrogen) atoms. The first-order chi connectivity index (χ1) is 37.2. The zero-order chi connectivity index (χ0) is 53.3. The van der Waals surface area contributed by atoms with Crippen molar-refractivity contribution in [3.63, 3.8) is 0 Å². The van der Waals surface area contributed by atoms with Crippen LogP contribution >= 0.6 is 0 Å². The lowest BCUT2D eigenvalue weighted by molar-refractivity contribution is -0.126. The fraction of sp³-hybridized carbons (Fsp3) is 0.317. The lowest BCUT2D eigenvalue weighted by Gasteiger charge is -2.46. The molecule has 0 amide bonds. The van der Waals surface area contributed by atoms with E-state index in [4.69, 9.17) is 0 Å². The van der Waals surface area contributed by atoms with Crippen molar-refractivity contribution in [3.05, 3.63) is 197 Å². The molecular weight excluding hydrogens is 1020 g/mol. The minimum absolute atomic E-state index is 0.00452. The molecule has 17 heteroatoms. The Hall–Kier alpha value is -7.05. The van der Waals surface area contributed by atoms with Gasteiger partial charge in [-0.1, -0.05) is 53.6 Å². The van der Waals surface area contributed by atoms with Gasteiger partial charge < -0.3 is 0 Å². The molecule has 3 heterocycles. The maximum atomic E-state index is 14.4. The smallest absolute Gasteiger partial charge is 0.243 e. The first-order valence-corrected chi connectivity index (χ1v) is 29.3. The molecule has 394 valence electrons. The van der Waals surface area contributed by atoms with E-state index in [9.17, 15) is 35.2 Å². The molecule has 13 nitrogen and oxygen atoms in total. The van der Waals surface area contributed by atoms with E-state index in [2.05, 4.69) is 21.3 Å². The molecule has 13 rings (SSSR count). The Kier molecular flexibility index (Phi) is 13.0. The van der Waals surface area contributed by atoms with Crippen LogP contribution in [0.1, 0.15) is 104 Å². The number of rotatable bonds is 13. The minimum atomic E-state index is -3.75. The quantitative estimate of drug-likeness (QED) is 0.103. The maximum Gasteiger partial charge on any atom is 0.243 e. The molecule has 4 fully saturated rings. The number of allylic oxidation sites excluding steroid dienone is 2. The Bertz CT molecular complexity index is 3700. The van der Waals surface area contributed by atoms with Crippen LogP contribution in [0.15, 0.2) is 167 Å². The molecule has 4 aromatic carbocycles. The number of halogens is 2. The Morgan fingerprint density at radius 2 is 0.974 bits per heavy atom. The minimum Gasteiger partial charge on any atom is -0.299 e. The molecule has 0 N–H and O–H groups in total. The van der Waals surface area contributed by atoms with Crippen LogP contribution in [-0.4, -0.2) is 85.7 Å². The predicted octanol–water partition coefficient (Wildman–Crippen LogP) is 10.6. The summed E-state index contributed by atoms with van der Waals surface area (Å²) in [5, 5.41) is 9.16. The standard InChI is InChI=1S/C32H29FN4O3S.C28H28FN3O3S/c33-24-10-13-25(14-11-24)36-30-18-23-9-12-27(37(26-15-16-26)41(39,40)28-6-2-1-3-7-28)20-32(23,19-22(30)21-35-36)31(38)29-8-4-5-17-34-29;1-19(33)28-16-20-18-30-31(23-11-8-22(29)9-12-23)27(20)15-21(28)7-10-25(17-28)32(24-13-14-24)36(34,35)26-5-3-2-4-6-26/h1-8,10-11,13-14,17-18,21,26-27H,9,12,15-16,19-20H2;2-6,8-9,11-12,15,18,24-25H,7,10,13-14,16-17H2,1H3/t27-,32-;25-,28+/m00/s1. The Morgan fingerprint density at radius 3 is 1.40 bits per heavy atom. The molecule has 6 aliphatic rings. The van der Waals surface area contributed by atoms with E-state index >= 15 is 0 Å². The summed E-state index contributed by atoms with van der Waals surface area (Å²) in [6.07, 6.45) is 16.8. The highest BCUT2D eigenvalue weighted by molar-refractivity contribution is 7.89. The molecule has 7 aromatic rings. The van der Waals surface area contributed by atoms with Gasteiger partial charge in [0.1, 0.15) is 23.1 Å². The van der Waals surface area contributed by atoms with Gasteiger partial charge in [-0.25, -0.2) is 35.0 Å². The Morgan fingerprint density at radius 1 is 0.545 bits per heavy atom. The molecule has 6 aliphatic carbocycles. The van der Waals surface area contributed by atoms with Crippen LogP contribution in [0.5, 0.6) is 0 Å². The van der Waals surface area contributed by atoms with Crippen molar-refractivity contribution in [1.82, 2.24) is 33.2 Å². The van der Waals surface area contributed by atoms with Gasteiger partial charge in [0.2, 0.25) is 20.0 Å². The fourth-order valence-corrected chi connectivity index (χ4v) is 16.4. The van der Waals surface area contributed by atoms with E-state index in [1.807, 2.05) is 18.2 Å². The van der Waals surface area contributed by atoms with Crippen LogP contribution in [0.25, 0.3) is 23.5 Å². The van der Waals surface area contributed by atoms with Crippen LogP contribution in [0.2, 0.25) is 0 Å². The summed E-state index contributed by atoms with van der Waals surface area (Å²) >= 11 is 0. The van der Waals surface area contributed by atoms with Crippen LogP contribution in [-0.2, 0) is 37.7 Å². The third kappa shape index (κ3) is 9.23. The summed E-state index contributed by atoms with van der Waals surface area (Å²) in [6, 6.07) is 34.2. The summed E-state index contributed by atoms with van der Waals surface area (Å²) in [7, 11) is -7.42. The number of sulfonamides is 2. The molecule has 0 unspecified atom stereocenters. The molecule has 0 spiro atoms. The first kappa shape index (κ1) is 50.7. The monoisotopic (exact) mass is 1070 g/mol. The van der Waals surface area contributed by atoms with Gasteiger partial charge in [0.25, 0.3) is 0 Å². The van der Waals surface area contributed by atoms with Gasteiger partial charge in [0.05, 0.1) is 55.8 Å². The number of fused-ring (bicyclic) bond motifs is 4. The van der Waals surface area contributed by atoms with Gasteiger partial charge >= 0.3 is 0 Å². The lowest BCUT2D eigenvalue weighted by atomic mass is 9.60. The second-order valence-corrected chi connectivity index (χ2v) is 25.1. The number of hydrogen-bond donors (Lipinski definition) is 0. The van der Waals surface area contributed by atoms with E-state index in [1.165, 1.54) is 24.3 Å². The molecule has 0 saturated heterocycles. The SMILES string of the molecule is CC(=O)[C@]12Cc3cnn(-c4ccc(F)cc4)c3C=C1CC[C@H](N(C1CC1)S(=O)(=O)c1ccccc1)C2.O=C(c1ccccn1)[C@]12Cc3cnn(-c4ccc(F)cc4)c3C=C1CC[C@H](N(C1CC1)S(=O)(=O)c1ccccc1)C2. The Balaban J connectivity index is 0.000000156. The van der Waals surface area contributed by atoms with Crippen molar-refractivity contribution >= 4 is 43.8 Å². The largest absolute Gasteiger partial charge is 0.299 e. The maximum absolute atomic E-state index is 14.4. The number of aromatic nitrogens is 5. The molecule has 0 radical (unpaired) electrons. The van der Waals surface area contributed by atoms with Crippen molar-refractivity contribution in [2.45, 2.75) is 118 Å². The van der Waals surface area contributed by atoms with Crippen LogP contribution in [0, 0.1) is 22.5 Å². The van der Waals surface area contributed by atoms with Gasteiger partial charge in [-0.05, 0) is 192 Å². The van der Waals surface area contributed by atoms with Crippen LogP contribution < -0.4 is 0 Å². The van der Waals surface area contributed by atoms with Crippen molar-refractivity contribution in [1.29, 1.82) is 0 Å². The highest BCUT2D eigenvalue weighted by Crippen LogP contribution is 2.54. The topological polar surface area (TPSA) is 157 Å². The zero-order valence-electron chi connectivity index (χ0n) is 42.5. The second kappa shape index (κ2) is 19.8. The van der Waals surface area contributed by atoms with Gasteiger partial charge in [-0.15, -0.1) is 0 Å². The van der Waals surface area contributed by atoms with Crippen molar-refractivity contribution in [2.75, 3.05) is 0 Å². The third-order valence-electron chi connectivity index (χ3n) is 16.6. The molecule has 3 aromatic heterocycles. The number of pyridine rings is 1. The number of ketones is 2. The van der Waals surface area contributed by atoms with E-state index in [1.54, 1.807) is 134 Å². The van der Waals surface area contributed by atoms with Gasteiger partial charge in [0, 0.05) is 30.4 Å².